The Kier molecular flexibility index (Phi) is 5.58. The van der Waals surface area contributed by atoms with Gasteiger partial charge < -0.3 is 20.3 Å². The van der Waals surface area contributed by atoms with Crippen LogP contribution in [0.2, 0.25) is 0 Å². The lowest BCUT2D eigenvalue weighted by atomic mass is 9.90. The van der Waals surface area contributed by atoms with E-state index < -0.39 is 0 Å². The number of piperidine rings is 1. The van der Waals surface area contributed by atoms with Crippen molar-refractivity contribution in [2.24, 2.45) is 5.92 Å². The number of aromatic amines is 1. The van der Waals surface area contributed by atoms with Crippen LogP contribution in [0.25, 0.3) is 11.0 Å². The van der Waals surface area contributed by atoms with Crippen LogP contribution in [-0.4, -0.2) is 52.1 Å². The lowest BCUT2D eigenvalue weighted by Crippen LogP contribution is -2.40. The summed E-state index contributed by atoms with van der Waals surface area (Å²) in [6.07, 6.45) is 3.57. The second-order valence-corrected chi connectivity index (χ2v) is 7.52. The van der Waals surface area contributed by atoms with Gasteiger partial charge in [0, 0.05) is 19.2 Å². The van der Waals surface area contributed by atoms with E-state index in [0.717, 1.165) is 32.0 Å². The molecule has 1 fully saturated rings. The first-order valence-electron chi connectivity index (χ1n) is 9.90. The third kappa shape index (κ3) is 4.51. The number of aromatic hydroxyl groups is 1. The van der Waals surface area contributed by atoms with Gasteiger partial charge in [0.1, 0.15) is 5.75 Å². The smallest absolute Gasteiger partial charge is 0.287 e. The number of hydrogen-bond donors (Lipinski definition) is 3. The SMILES string of the molecule is O=C(NCCN1CCC(Cc2ccccc2)CC1)c1nc2ccc(O)cc2[nH]1. The Bertz CT molecular complexity index is 930. The number of nitrogens with one attached hydrogen (secondary N) is 2. The number of aromatic nitrogens is 2. The van der Waals surface area contributed by atoms with Crippen molar-refractivity contribution >= 4 is 16.9 Å². The van der Waals surface area contributed by atoms with Crippen LogP contribution in [-0.2, 0) is 6.42 Å². The summed E-state index contributed by atoms with van der Waals surface area (Å²) in [5, 5.41) is 12.4. The molecule has 0 spiro atoms. The van der Waals surface area contributed by atoms with Crippen molar-refractivity contribution in [3.8, 4) is 5.75 Å². The lowest BCUT2D eigenvalue weighted by Gasteiger charge is -2.32. The number of benzene rings is 2. The fourth-order valence-corrected chi connectivity index (χ4v) is 3.88. The molecule has 1 aliphatic rings. The van der Waals surface area contributed by atoms with E-state index in [1.165, 1.54) is 18.4 Å². The van der Waals surface area contributed by atoms with Crippen molar-refractivity contribution in [3.63, 3.8) is 0 Å². The molecule has 0 saturated carbocycles. The molecule has 1 aromatic heterocycles. The molecule has 6 heteroatoms. The summed E-state index contributed by atoms with van der Waals surface area (Å²) in [4.78, 5) is 22.0. The van der Waals surface area contributed by atoms with Gasteiger partial charge in [-0.3, -0.25) is 4.79 Å². The molecule has 0 aliphatic carbocycles. The molecule has 1 amide bonds. The molecule has 3 N–H and O–H groups in total. The van der Waals surface area contributed by atoms with Crippen LogP contribution in [0, 0.1) is 5.92 Å². The number of fused-ring (bicyclic) bond motifs is 1. The zero-order chi connectivity index (χ0) is 19.3. The van der Waals surface area contributed by atoms with Crippen LogP contribution in [0.1, 0.15) is 29.0 Å². The number of phenolic OH excluding ortho intramolecular Hbond substituents is 1. The summed E-state index contributed by atoms with van der Waals surface area (Å²) in [6.45, 7) is 3.61. The third-order valence-corrected chi connectivity index (χ3v) is 5.47. The maximum absolute atomic E-state index is 12.3. The minimum Gasteiger partial charge on any atom is -0.508 e. The highest BCUT2D eigenvalue weighted by Gasteiger charge is 2.19. The fraction of sp³-hybridized carbons (Fsp3) is 0.364. The van der Waals surface area contributed by atoms with Crippen LogP contribution in [0.5, 0.6) is 5.75 Å². The third-order valence-electron chi connectivity index (χ3n) is 5.47. The van der Waals surface area contributed by atoms with Crippen molar-refractivity contribution < 1.29 is 9.90 Å². The Morgan fingerprint density at radius 2 is 1.96 bits per heavy atom. The van der Waals surface area contributed by atoms with Gasteiger partial charge in [-0.05, 0) is 56.0 Å². The number of carbonyl (C=O) groups is 1. The summed E-state index contributed by atoms with van der Waals surface area (Å²) in [5.41, 5.74) is 2.75. The van der Waals surface area contributed by atoms with E-state index in [-0.39, 0.29) is 17.5 Å². The van der Waals surface area contributed by atoms with E-state index in [1.54, 1.807) is 18.2 Å². The molecular weight excluding hydrogens is 352 g/mol. The molecule has 6 nitrogen and oxygen atoms in total. The minimum atomic E-state index is -0.213. The van der Waals surface area contributed by atoms with Crippen LogP contribution in [0.4, 0.5) is 0 Å². The summed E-state index contributed by atoms with van der Waals surface area (Å²) in [6, 6.07) is 15.5. The van der Waals surface area contributed by atoms with Gasteiger partial charge in [-0.25, -0.2) is 4.98 Å². The summed E-state index contributed by atoms with van der Waals surface area (Å²) in [7, 11) is 0. The predicted octanol–water partition coefficient (Wildman–Crippen LogP) is 2.95. The molecule has 28 heavy (non-hydrogen) atoms. The highest BCUT2D eigenvalue weighted by atomic mass is 16.3. The number of rotatable bonds is 6. The largest absolute Gasteiger partial charge is 0.508 e. The predicted molar refractivity (Wildman–Crippen MR) is 109 cm³/mol. The molecular formula is C22H26N4O2. The van der Waals surface area contributed by atoms with Gasteiger partial charge >= 0.3 is 0 Å². The molecule has 2 aromatic carbocycles. The summed E-state index contributed by atoms with van der Waals surface area (Å²) < 4.78 is 0. The number of carbonyl (C=O) groups excluding carboxylic acids is 1. The average Bonchev–Trinajstić information content (AvgIpc) is 3.13. The van der Waals surface area contributed by atoms with Crippen molar-refractivity contribution in [2.75, 3.05) is 26.2 Å². The maximum Gasteiger partial charge on any atom is 0.287 e. The zero-order valence-electron chi connectivity index (χ0n) is 15.9. The van der Waals surface area contributed by atoms with E-state index in [1.807, 2.05) is 0 Å². The van der Waals surface area contributed by atoms with Crippen molar-refractivity contribution in [1.82, 2.24) is 20.2 Å². The quantitative estimate of drug-likeness (QED) is 0.616. The fourth-order valence-electron chi connectivity index (χ4n) is 3.88. The van der Waals surface area contributed by atoms with Crippen LogP contribution < -0.4 is 5.32 Å². The van der Waals surface area contributed by atoms with Crippen molar-refractivity contribution in [1.29, 1.82) is 0 Å². The molecule has 1 saturated heterocycles. The van der Waals surface area contributed by atoms with E-state index in [4.69, 9.17) is 0 Å². The van der Waals surface area contributed by atoms with Crippen LogP contribution in [0.3, 0.4) is 0 Å². The number of likely N-dealkylation sites (tertiary alicyclic amines) is 1. The first-order valence-corrected chi connectivity index (χ1v) is 9.90. The minimum absolute atomic E-state index is 0.152. The van der Waals surface area contributed by atoms with Crippen molar-refractivity contribution in [3.05, 3.63) is 59.9 Å². The molecule has 0 unspecified atom stereocenters. The molecule has 1 aliphatic heterocycles. The highest BCUT2D eigenvalue weighted by molar-refractivity contribution is 5.94. The Balaban J connectivity index is 1.20. The molecule has 0 atom stereocenters. The van der Waals surface area contributed by atoms with Gasteiger partial charge in [-0.2, -0.15) is 0 Å². The van der Waals surface area contributed by atoms with Crippen molar-refractivity contribution in [2.45, 2.75) is 19.3 Å². The Labute approximate surface area is 164 Å². The number of H-pyrrole nitrogens is 1. The van der Waals surface area contributed by atoms with Gasteiger partial charge in [-0.15, -0.1) is 0 Å². The van der Waals surface area contributed by atoms with Gasteiger partial charge in [0.25, 0.3) is 5.91 Å². The summed E-state index contributed by atoms with van der Waals surface area (Å²) in [5.74, 6) is 0.968. The van der Waals surface area contributed by atoms with Gasteiger partial charge in [0.2, 0.25) is 0 Å². The van der Waals surface area contributed by atoms with E-state index in [2.05, 4.69) is 50.5 Å². The number of nitrogens with zero attached hydrogens (tertiary/aromatic N) is 2. The second kappa shape index (κ2) is 8.44. The van der Waals surface area contributed by atoms with Gasteiger partial charge in [-0.1, -0.05) is 30.3 Å². The number of hydrogen-bond acceptors (Lipinski definition) is 4. The normalized spacial score (nSPS) is 15.7. The Morgan fingerprint density at radius 3 is 2.75 bits per heavy atom. The standard InChI is InChI=1S/C22H26N4O2/c27-18-6-7-19-20(15-18)25-21(24-19)22(28)23-10-13-26-11-8-17(9-12-26)14-16-4-2-1-3-5-16/h1-7,15,17,27H,8-14H2,(H,23,28)(H,24,25). The van der Waals surface area contributed by atoms with Gasteiger partial charge in [0.05, 0.1) is 11.0 Å². The highest BCUT2D eigenvalue weighted by Crippen LogP contribution is 2.21. The number of amides is 1. The summed E-state index contributed by atoms with van der Waals surface area (Å²) >= 11 is 0. The molecule has 146 valence electrons. The van der Waals surface area contributed by atoms with E-state index in [0.29, 0.717) is 17.6 Å². The molecule has 0 radical (unpaired) electrons. The number of imidazole rings is 1. The zero-order valence-corrected chi connectivity index (χ0v) is 15.9. The average molecular weight is 378 g/mol. The number of phenols is 1. The first kappa shape index (κ1) is 18.5. The van der Waals surface area contributed by atoms with E-state index in [9.17, 15) is 9.90 Å². The Hall–Kier alpha value is -2.86. The molecule has 3 aromatic rings. The maximum atomic E-state index is 12.3. The lowest BCUT2D eigenvalue weighted by molar-refractivity contribution is 0.0935. The topological polar surface area (TPSA) is 81.2 Å². The van der Waals surface area contributed by atoms with Gasteiger partial charge in [0.15, 0.2) is 5.82 Å². The molecule has 0 bridgehead atoms. The van der Waals surface area contributed by atoms with Crippen LogP contribution in [0.15, 0.2) is 48.5 Å². The van der Waals surface area contributed by atoms with E-state index >= 15 is 0 Å². The van der Waals surface area contributed by atoms with Crippen LogP contribution >= 0.6 is 0 Å². The monoisotopic (exact) mass is 378 g/mol. The first-order chi connectivity index (χ1) is 13.7. The molecule has 2 heterocycles. The molecule has 4 rings (SSSR count). The second-order valence-electron chi connectivity index (χ2n) is 7.52. The Morgan fingerprint density at radius 1 is 1.18 bits per heavy atom.